The van der Waals surface area contributed by atoms with Crippen LogP contribution in [0, 0.1) is 0 Å². The summed E-state index contributed by atoms with van der Waals surface area (Å²) in [4.78, 5) is 13.9. The first-order valence-electron chi connectivity index (χ1n) is 6.12. The second kappa shape index (κ2) is 3.91. The number of nitrogens with zero attached hydrogens (tertiary/aromatic N) is 1. The number of hydrogen-bond acceptors (Lipinski definition) is 3. The van der Waals surface area contributed by atoms with Crippen molar-refractivity contribution in [1.82, 2.24) is 10.2 Å². The van der Waals surface area contributed by atoms with Crippen LogP contribution in [0.15, 0.2) is 0 Å². The molecule has 0 radical (unpaired) electrons. The maximum Gasteiger partial charge on any atom is 0.410 e. The van der Waals surface area contributed by atoms with Gasteiger partial charge in [0.05, 0.1) is 6.04 Å². The van der Waals surface area contributed by atoms with E-state index in [1.54, 1.807) is 0 Å². The van der Waals surface area contributed by atoms with Crippen LogP contribution in [0.2, 0.25) is 0 Å². The van der Waals surface area contributed by atoms with E-state index in [1.807, 2.05) is 25.7 Å². The largest absolute Gasteiger partial charge is 0.444 e. The van der Waals surface area contributed by atoms with Crippen LogP contribution in [0.3, 0.4) is 0 Å². The fourth-order valence-corrected chi connectivity index (χ4v) is 2.66. The van der Waals surface area contributed by atoms with Crippen LogP contribution in [0.25, 0.3) is 0 Å². The third-order valence-electron chi connectivity index (χ3n) is 3.33. The Morgan fingerprint density at radius 1 is 1.38 bits per heavy atom. The summed E-state index contributed by atoms with van der Waals surface area (Å²) in [5.41, 5.74) is -0.398. The fourth-order valence-electron chi connectivity index (χ4n) is 2.66. The molecule has 1 amide bonds. The van der Waals surface area contributed by atoms with Gasteiger partial charge in [-0.3, -0.25) is 0 Å². The molecule has 1 N–H and O–H groups in total. The van der Waals surface area contributed by atoms with E-state index in [4.69, 9.17) is 4.74 Å². The van der Waals surface area contributed by atoms with Gasteiger partial charge in [0.2, 0.25) is 0 Å². The molecule has 3 aliphatic rings. The van der Waals surface area contributed by atoms with Crippen LogP contribution < -0.4 is 5.32 Å². The van der Waals surface area contributed by atoms with Crippen LogP contribution in [-0.4, -0.2) is 41.3 Å². The number of hydrogen-bond donors (Lipinski definition) is 1. The van der Waals surface area contributed by atoms with E-state index in [2.05, 4.69) is 12.2 Å². The number of fused-ring (bicyclic) bond motifs is 3. The van der Waals surface area contributed by atoms with Gasteiger partial charge in [0.1, 0.15) is 5.60 Å². The number of ether oxygens (including phenoxy) is 1. The van der Waals surface area contributed by atoms with Gasteiger partial charge in [-0.25, -0.2) is 4.79 Å². The first-order chi connectivity index (χ1) is 7.37. The van der Waals surface area contributed by atoms with Gasteiger partial charge in [-0.15, -0.1) is 0 Å². The van der Waals surface area contributed by atoms with Crippen LogP contribution in [0.5, 0.6) is 0 Å². The molecule has 3 saturated heterocycles. The summed E-state index contributed by atoms with van der Waals surface area (Å²) in [5.74, 6) is 0. The highest BCUT2D eigenvalue weighted by Gasteiger charge is 2.41. The molecule has 3 rings (SSSR count). The molecule has 0 saturated carbocycles. The van der Waals surface area contributed by atoms with Crippen molar-refractivity contribution >= 4 is 6.09 Å². The Hall–Kier alpha value is -0.770. The first-order valence-corrected chi connectivity index (χ1v) is 6.12. The molecule has 0 aromatic rings. The number of amides is 1. The minimum atomic E-state index is -0.398. The average molecular weight is 226 g/mol. The number of carbonyl (C=O) groups is 1. The Morgan fingerprint density at radius 3 is 2.56 bits per heavy atom. The quantitative estimate of drug-likeness (QED) is 0.684. The normalized spacial score (nSPS) is 34.0. The van der Waals surface area contributed by atoms with Gasteiger partial charge in [-0.05, 0) is 40.5 Å². The summed E-state index contributed by atoms with van der Waals surface area (Å²) < 4.78 is 5.44. The van der Waals surface area contributed by atoms with Gasteiger partial charge in [-0.1, -0.05) is 0 Å². The smallest absolute Gasteiger partial charge is 0.410 e. The van der Waals surface area contributed by atoms with Crippen molar-refractivity contribution in [2.75, 3.05) is 6.54 Å². The van der Waals surface area contributed by atoms with Crippen molar-refractivity contribution in [2.45, 2.75) is 64.3 Å². The van der Waals surface area contributed by atoms with Crippen molar-refractivity contribution in [2.24, 2.45) is 0 Å². The van der Waals surface area contributed by atoms with E-state index < -0.39 is 5.60 Å². The van der Waals surface area contributed by atoms with E-state index in [-0.39, 0.29) is 6.09 Å². The van der Waals surface area contributed by atoms with E-state index in [0.29, 0.717) is 18.1 Å². The zero-order valence-electron chi connectivity index (χ0n) is 10.6. The van der Waals surface area contributed by atoms with Gasteiger partial charge >= 0.3 is 6.09 Å². The van der Waals surface area contributed by atoms with Gasteiger partial charge in [-0.2, -0.15) is 0 Å². The summed E-state index contributed by atoms with van der Waals surface area (Å²) in [6, 6.07) is 1.15. The molecule has 4 heteroatoms. The topological polar surface area (TPSA) is 41.6 Å². The fraction of sp³-hybridized carbons (Fsp3) is 0.917. The monoisotopic (exact) mass is 226 g/mol. The first kappa shape index (κ1) is 11.7. The summed E-state index contributed by atoms with van der Waals surface area (Å²) in [6.45, 7) is 8.68. The lowest BCUT2D eigenvalue weighted by molar-refractivity contribution is -0.0139. The Balaban J connectivity index is 2.02. The third kappa shape index (κ3) is 2.32. The molecule has 16 heavy (non-hydrogen) atoms. The second-order valence-corrected chi connectivity index (χ2v) is 5.93. The van der Waals surface area contributed by atoms with Crippen LogP contribution >= 0.6 is 0 Å². The Kier molecular flexibility index (Phi) is 2.86. The summed E-state index contributed by atoms with van der Waals surface area (Å²) in [7, 11) is 0. The van der Waals surface area contributed by atoms with Gasteiger partial charge in [0, 0.05) is 18.6 Å². The molecule has 3 atom stereocenters. The Bertz CT molecular complexity index is 285. The molecule has 3 heterocycles. The van der Waals surface area contributed by atoms with Crippen LogP contribution in [-0.2, 0) is 4.74 Å². The molecule has 0 spiro atoms. The Labute approximate surface area is 97.3 Å². The molecule has 3 fully saturated rings. The molecular weight excluding hydrogens is 204 g/mol. The lowest BCUT2D eigenvalue weighted by Crippen LogP contribution is -2.67. The number of rotatable bonds is 0. The van der Waals surface area contributed by atoms with Crippen LogP contribution in [0.1, 0.15) is 40.5 Å². The number of piperidine rings is 2. The van der Waals surface area contributed by atoms with Crippen molar-refractivity contribution in [3.8, 4) is 0 Å². The zero-order valence-corrected chi connectivity index (χ0v) is 10.6. The molecule has 4 nitrogen and oxygen atoms in total. The van der Waals surface area contributed by atoms with E-state index in [9.17, 15) is 4.79 Å². The van der Waals surface area contributed by atoms with E-state index in [0.717, 1.165) is 13.0 Å². The maximum atomic E-state index is 12.0. The number of carbonyl (C=O) groups excluding carboxylic acids is 1. The van der Waals surface area contributed by atoms with Gasteiger partial charge in [0.25, 0.3) is 0 Å². The minimum Gasteiger partial charge on any atom is -0.444 e. The molecule has 2 bridgehead atoms. The third-order valence-corrected chi connectivity index (χ3v) is 3.33. The molecule has 0 aromatic carbocycles. The second-order valence-electron chi connectivity index (χ2n) is 5.93. The SMILES string of the molecule is CC1N[C@H]2CC[C@@H]1N(C(=O)OC(C)(C)C)C2. The van der Waals surface area contributed by atoms with Crippen molar-refractivity contribution in [3.05, 3.63) is 0 Å². The molecule has 1 unspecified atom stereocenters. The highest BCUT2D eigenvalue weighted by molar-refractivity contribution is 5.69. The molecule has 92 valence electrons. The highest BCUT2D eigenvalue weighted by atomic mass is 16.6. The van der Waals surface area contributed by atoms with Crippen molar-refractivity contribution in [3.63, 3.8) is 0 Å². The number of piperazine rings is 1. The number of nitrogens with one attached hydrogen (secondary N) is 1. The summed E-state index contributed by atoms with van der Waals surface area (Å²) in [5, 5.41) is 3.51. The molecule has 0 aliphatic carbocycles. The molecule has 0 aromatic heterocycles. The Morgan fingerprint density at radius 2 is 2.06 bits per heavy atom. The minimum absolute atomic E-state index is 0.157. The molecular formula is C12H22N2O2. The predicted molar refractivity (Wildman–Crippen MR) is 62.3 cm³/mol. The summed E-state index contributed by atoms with van der Waals surface area (Å²) >= 11 is 0. The van der Waals surface area contributed by atoms with Crippen molar-refractivity contribution < 1.29 is 9.53 Å². The van der Waals surface area contributed by atoms with Gasteiger partial charge in [0.15, 0.2) is 0 Å². The van der Waals surface area contributed by atoms with E-state index in [1.165, 1.54) is 6.42 Å². The predicted octanol–water partition coefficient (Wildman–Crippen LogP) is 1.75. The molecule has 3 aliphatic heterocycles. The van der Waals surface area contributed by atoms with Crippen molar-refractivity contribution in [1.29, 1.82) is 0 Å². The van der Waals surface area contributed by atoms with Crippen LogP contribution in [0.4, 0.5) is 4.79 Å². The zero-order chi connectivity index (χ0) is 11.9. The lowest BCUT2D eigenvalue weighted by Gasteiger charge is -2.49. The van der Waals surface area contributed by atoms with Gasteiger partial charge < -0.3 is 15.0 Å². The summed E-state index contributed by atoms with van der Waals surface area (Å²) in [6.07, 6.45) is 2.11. The standard InChI is InChI=1S/C12H22N2O2/c1-8-10-6-5-9(13-8)7-14(10)11(15)16-12(2,3)4/h8-10,13H,5-7H2,1-4H3/t8?,9-,10-/m0/s1. The highest BCUT2D eigenvalue weighted by Crippen LogP contribution is 2.27. The van der Waals surface area contributed by atoms with E-state index >= 15 is 0 Å². The lowest BCUT2D eigenvalue weighted by atomic mass is 9.88. The average Bonchev–Trinajstić information content (AvgIpc) is 2.15. The maximum absolute atomic E-state index is 12.0.